The molecular weight excluding hydrogens is 620 g/mol. The predicted molar refractivity (Wildman–Crippen MR) is 161 cm³/mol. The zero-order valence-corrected chi connectivity index (χ0v) is 24.9. The number of aromatic hydroxyl groups is 1. The standard InChI is InChI=1S/C33H26BrClN2O5/c1-33-25(30(40)37(32(33)42)19-5-3-2-4-6-19)16-23-21(28(33)24-15-18(35)9-14-26(24)38)12-13-22-27(23)31(41)36(29(22)39)20-10-7-17(34)8-11-20/h2-12,14-15,22-23,25,27-28,38H,13,16H2,1H3/t22-,23+,25-,27-,28+,33+/m0/s1. The molecule has 3 aromatic carbocycles. The van der Waals surface area contributed by atoms with E-state index >= 15 is 0 Å². The Labute approximate surface area is 255 Å². The number of allylic oxidation sites excluding steroid dienone is 2. The third-order valence-corrected chi connectivity index (χ3v) is 10.4. The minimum Gasteiger partial charge on any atom is -0.508 e. The van der Waals surface area contributed by atoms with Crippen LogP contribution in [0.2, 0.25) is 5.02 Å². The number of nitrogens with zero attached hydrogens (tertiary/aromatic N) is 2. The van der Waals surface area contributed by atoms with Gasteiger partial charge < -0.3 is 5.11 Å². The third-order valence-electron chi connectivity index (χ3n) is 9.67. The first-order valence-electron chi connectivity index (χ1n) is 13.9. The lowest BCUT2D eigenvalue weighted by Gasteiger charge is -2.49. The van der Waals surface area contributed by atoms with Crippen molar-refractivity contribution in [3.8, 4) is 5.75 Å². The molecule has 0 radical (unpaired) electrons. The number of halogens is 2. The molecule has 4 aliphatic rings. The first-order chi connectivity index (χ1) is 20.1. The van der Waals surface area contributed by atoms with Gasteiger partial charge in [-0.05, 0) is 80.3 Å². The monoisotopic (exact) mass is 644 g/mol. The fourth-order valence-electron chi connectivity index (χ4n) is 7.78. The van der Waals surface area contributed by atoms with Crippen molar-refractivity contribution >= 4 is 62.5 Å². The topological polar surface area (TPSA) is 95.0 Å². The number of carbonyl (C=O) groups excluding carboxylic acids is 4. The summed E-state index contributed by atoms with van der Waals surface area (Å²) in [7, 11) is 0. The van der Waals surface area contributed by atoms with Crippen LogP contribution in [0.1, 0.15) is 31.2 Å². The van der Waals surface area contributed by atoms with Crippen molar-refractivity contribution in [2.45, 2.75) is 25.7 Å². The lowest BCUT2D eigenvalue weighted by molar-refractivity contribution is -0.131. The second-order valence-electron chi connectivity index (χ2n) is 11.7. The SMILES string of the molecule is C[C@@]12C(=O)N(c3ccccc3)C(=O)[C@@H]1C[C@@H]1C(=CC[C@@H]3C(=O)N(c4ccc(Br)cc4)C(=O)[C@@H]31)[C@@H]2c1cc(Cl)ccc1O. The average Bonchev–Trinajstić information content (AvgIpc) is 3.35. The molecule has 2 heterocycles. The second kappa shape index (κ2) is 9.64. The van der Waals surface area contributed by atoms with Crippen LogP contribution in [0.15, 0.2) is 88.9 Å². The van der Waals surface area contributed by atoms with E-state index in [1.54, 1.807) is 67.6 Å². The number of fused-ring (bicyclic) bond motifs is 4. The smallest absolute Gasteiger partial charge is 0.241 e. The first kappa shape index (κ1) is 27.1. The number of para-hydroxylation sites is 1. The van der Waals surface area contributed by atoms with Crippen molar-refractivity contribution in [1.29, 1.82) is 0 Å². The molecule has 7 nitrogen and oxygen atoms in total. The quantitative estimate of drug-likeness (QED) is 0.269. The normalized spacial score (nSPS) is 30.3. The number of hydrogen-bond donors (Lipinski definition) is 1. The Hall–Kier alpha value is -3.75. The number of anilines is 2. The first-order valence-corrected chi connectivity index (χ1v) is 15.0. The number of amides is 4. The molecule has 212 valence electrons. The molecule has 1 N–H and O–H groups in total. The van der Waals surface area contributed by atoms with Crippen molar-refractivity contribution in [2.75, 3.05) is 9.80 Å². The molecule has 0 unspecified atom stereocenters. The van der Waals surface area contributed by atoms with Gasteiger partial charge in [0, 0.05) is 21.0 Å². The van der Waals surface area contributed by atoms with Crippen LogP contribution in [0.25, 0.3) is 0 Å². The molecular formula is C33H26BrClN2O5. The van der Waals surface area contributed by atoms with Gasteiger partial charge in [-0.1, -0.05) is 57.4 Å². The van der Waals surface area contributed by atoms with E-state index in [0.717, 1.165) is 10.0 Å². The largest absolute Gasteiger partial charge is 0.508 e. The van der Waals surface area contributed by atoms with Crippen molar-refractivity contribution in [1.82, 2.24) is 0 Å². The lowest BCUT2D eigenvalue weighted by atomic mass is 9.51. The molecule has 2 aliphatic heterocycles. The fraction of sp³-hybridized carbons (Fsp3) is 0.273. The van der Waals surface area contributed by atoms with Crippen LogP contribution in [0.3, 0.4) is 0 Å². The van der Waals surface area contributed by atoms with E-state index in [2.05, 4.69) is 15.9 Å². The number of rotatable bonds is 3. The molecule has 0 aromatic heterocycles. The predicted octanol–water partition coefficient (Wildman–Crippen LogP) is 6.24. The van der Waals surface area contributed by atoms with Gasteiger partial charge in [0.1, 0.15) is 5.75 Å². The number of phenols is 1. The van der Waals surface area contributed by atoms with Gasteiger partial charge in [0.05, 0.1) is 34.5 Å². The molecule has 1 saturated carbocycles. The zero-order chi connectivity index (χ0) is 29.5. The Bertz CT molecular complexity index is 1710. The van der Waals surface area contributed by atoms with Crippen LogP contribution >= 0.6 is 27.5 Å². The van der Waals surface area contributed by atoms with Crippen LogP contribution in [0.4, 0.5) is 11.4 Å². The van der Waals surface area contributed by atoms with E-state index in [1.165, 1.54) is 15.9 Å². The minimum absolute atomic E-state index is 0.0447. The number of imide groups is 2. The molecule has 3 aromatic rings. The molecule has 3 fully saturated rings. The summed E-state index contributed by atoms with van der Waals surface area (Å²) in [5.41, 5.74) is 0.947. The van der Waals surface area contributed by atoms with Gasteiger partial charge in [-0.25, -0.2) is 4.90 Å². The van der Waals surface area contributed by atoms with Crippen LogP contribution in [-0.2, 0) is 19.2 Å². The van der Waals surface area contributed by atoms with Crippen molar-refractivity contribution in [2.24, 2.45) is 29.1 Å². The van der Waals surface area contributed by atoms with Gasteiger partial charge in [0.25, 0.3) is 0 Å². The van der Waals surface area contributed by atoms with E-state index in [9.17, 15) is 24.3 Å². The van der Waals surface area contributed by atoms with Gasteiger partial charge in [-0.2, -0.15) is 0 Å². The summed E-state index contributed by atoms with van der Waals surface area (Å²) in [5, 5.41) is 11.5. The minimum atomic E-state index is -1.25. The number of phenolic OH excluding ortho intramolecular Hbond substituents is 1. The Kier molecular flexibility index (Phi) is 6.22. The summed E-state index contributed by atoms with van der Waals surface area (Å²) in [5.74, 6) is -4.58. The molecule has 0 bridgehead atoms. The number of benzene rings is 3. The van der Waals surface area contributed by atoms with Gasteiger partial charge >= 0.3 is 0 Å². The lowest BCUT2D eigenvalue weighted by Crippen LogP contribution is -2.48. The highest BCUT2D eigenvalue weighted by Crippen LogP contribution is 2.64. The zero-order valence-electron chi connectivity index (χ0n) is 22.5. The molecule has 6 atom stereocenters. The van der Waals surface area contributed by atoms with E-state index in [1.807, 2.05) is 12.1 Å². The van der Waals surface area contributed by atoms with Gasteiger partial charge in [-0.15, -0.1) is 0 Å². The van der Waals surface area contributed by atoms with E-state index in [0.29, 0.717) is 28.4 Å². The van der Waals surface area contributed by atoms with E-state index < -0.39 is 35.0 Å². The van der Waals surface area contributed by atoms with Crippen molar-refractivity contribution in [3.63, 3.8) is 0 Å². The number of hydrogen-bond acceptors (Lipinski definition) is 5. The molecule has 2 aliphatic carbocycles. The highest BCUT2D eigenvalue weighted by Gasteiger charge is 2.68. The van der Waals surface area contributed by atoms with Crippen LogP contribution in [-0.4, -0.2) is 28.7 Å². The number of carbonyl (C=O) groups is 4. The van der Waals surface area contributed by atoms with Crippen LogP contribution < -0.4 is 9.80 Å². The molecule has 4 amide bonds. The molecule has 2 saturated heterocycles. The average molecular weight is 646 g/mol. The highest BCUT2D eigenvalue weighted by atomic mass is 79.9. The van der Waals surface area contributed by atoms with Gasteiger partial charge in [0.2, 0.25) is 23.6 Å². The maximum Gasteiger partial charge on any atom is 0.241 e. The highest BCUT2D eigenvalue weighted by molar-refractivity contribution is 9.10. The van der Waals surface area contributed by atoms with E-state index in [-0.39, 0.29) is 35.8 Å². The fourth-order valence-corrected chi connectivity index (χ4v) is 8.23. The van der Waals surface area contributed by atoms with E-state index in [4.69, 9.17) is 11.6 Å². The van der Waals surface area contributed by atoms with Gasteiger partial charge in [0.15, 0.2) is 0 Å². The Morgan fingerprint density at radius 2 is 1.55 bits per heavy atom. The summed E-state index contributed by atoms with van der Waals surface area (Å²) in [6, 6.07) is 20.5. The van der Waals surface area contributed by atoms with Crippen LogP contribution in [0.5, 0.6) is 5.75 Å². The molecule has 42 heavy (non-hydrogen) atoms. The Balaban J connectivity index is 1.38. The van der Waals surface area contributed by atoms with Crippen LogP contribution in [0, 0.1) is 29.1 Å². The summed E-state index contributed by atoms with van der Waals surface area (Å²) >= 11 is 9.82. The Morgan fingerprint density at radius 1 is 0.857 bits per heavy atom. The second-order valence-corrected chi connectivity index (χ2v) is 13.0. The molecule has 0 spiro atoms. The Morgan fingerprint density at radius 3 is 2.26 bits per heavy atom. The van der Waals surface area contributed by atoms with Crippen molar-refractivity contribution in [3.05, 3.63) is 99.5 Å². The summed E-state index contributed by atoms with van der Waals surface area (Å²) < 4.78 is 0.829. The molecule has 9 heteroatoms. The van der Waals surface area contributed by atoms with Crippen molar-refractivity contribution < 1.29 is 24.3 Å². The summed E-state index contributed by atoms with van der Waals surface area (Å²) in [4.78, 5) is 58.8. The van der Waals surface area contributed by atoms with Gasteiger partial charge in [-0.3, -0.25) is 24.1 Å². The molecule has 7 rings (SSSR count). The summed E-state index contributed by atoms with van der Waals surface area (Å²) in [6.07, 6.45) is 2.51. The summed E-state index contributed by atoms with van der Waals surface area (Å²) in [6.45, 7) is 1.78. The maximum absolute atomic E-state index is 14.4. The maximum atomic E-state index is 14.4. The third kappa shape index (κ3) is 3.71.